The average molecular weight is 569 g/mol. The van der Waals surface area contributed by atoms with Gasteiger partial charge in [-0.3, -0.25) is 19.8 Å². The first-order valence-electron chi connectivity index (χ1n) is 11.3. The van der Waals surface area contributed by atoms with Gasteiger partial charge in [-0.1, -0.05) is 59.8 Å². The molecule has 1 aliphatic rings. The van der Waals surface area contributed by atoms with Crippen LogP contribution in [0, 0.1) is 0 Å². The molecule has 38 heavy (non-hydrogen) atoms. The SMILES string of the molecule is O=C(O)CCOc1ccccc1/C=C1/SC(=S)N(NC(=O)c2ccc(OCc3ccccc3Cl)cc2)C1=O. The highest BCUT2D eigenvalue weighted by Gasteiger charge is 2.34. The normalized spacial score (nSPS) is 14.0. The Balaban J connectivity index is 1.38. The van der Waals surface area contributed by atoms with Gasteiger partial charge in [0.15, 0.2) is 4.32 Å². The number of amides is 2. The van der Waals surface area contributed by atoms with Gasteiger partial charge in [0, 0.05) is 21.7 Å². The summed E-state index contributed by atoms with van der Waals surface area (Å²) in [7, 11) is 0. The molecule has 1 aliphatic heterocycles. The molecule has 1 fully saturated rings. The van der Waals surface area contributed by atoms with Crippen LogP contribution in [0.25, 0.3) is 6.08 Å². The molecule has 1 heterocycles. The van der Waals surface area contributed by atoms with Gasteiger partial charge >= 0.3 is 5.97 Å². The molecule has 3 aromatic carbocycles. The number of carboxylic acid groups (broad SMARTS) is 1. The lowest BCUT2D eigenvalue weighted by atomic mass is 10.2. The first-order valence-corrected chi connectivity index (χ1v) is 12.9. The van der Waals surface area contributed by atoms with Gasteiger partial charge in [0.05, 0.1) is 17.9 Å². The Morgan fingerprint density at radius 1 is 1.03 bits per heavy atom. The molecule has 0 bridgehead atoms. The molecule has 0 aromatic heterocycles. The Morgan fingerprint density at radius 3 is 2.47 bits per heavy atom. The van der Waals surface area contributed by atoms with Crippen molar-refractivity contribution in [2.24, 2.45) is 0 Å². The number of nitrogens with one attached hydrogen (secondary N) is 1. The summed E-state index contributed by atoms with van der Waals surface area (Å²) < 4.78 is 11.5. The van der Waals surface area contributed by atoms with E-state index in [1.54, 1.807) is 60.7 Å². The summed E-state index contributed by atoms with van der Waals surface area (Å²) in [5.74, 6) is -0.997. The van der Waals surface area contributed by atoms with Crippen LogP contribution in [0.2, 0.25) is 5.02 Å². The number of para-hydroxylation sites is 1. The maximum Gasteiger partial charge on any atom is 0.306 e. The van der Waals surface area contributed by atoms with E-state index in [1.807, 2.05) is 18.2 Å². The van der Waals surface area contributed by atoms with E-state index in [0.29, 0.717) is 27.6 Å². The molecule has 2 N–H and O–H groups in total. The third-order valence-corrected chi connectivity index (χ3v) is 6.93. The number of rotatable bonds is 10. The highest BCUT2D eigenvalue weighted by Crippen LogP contribution is 2.33. The summed E-state index contributed by atoms with van der Waals surface area (Å²) >= 11 is 12.5. The van der Waals surface area contributed by atoms with Crippen LogP contribution in [0.5, 0.6) is 11.5 Å². The number of thiocarbonyl (C=S) groups is 1. The first-order chi connectivity index (χ1) is 18.3. The number of carboxylic acids is 1. The number of benzene rings is 3. The van der Waals surface area contributed by atoms with E-state index in [0.717, 1.165) is 22.3 Å². The van der Waals surface area contributed by atoms with Crippen molar-refractivity contribution in [3.8, 4) is 11.5 Å². The van der Waals surface area contributed by atoms with E-state index in [-0.39, 0.29) is 28.9 Å². The number of nitrogens with zero attached hydrogens (tertiary/aromatic N) is 1. The largest absolute Gasteiger partial charge is 0.492 e. The number of hydrazine groups is 1. The number of carbonyl (C=O) groups is 3. The second kappa shape index (κ2) is 12.6. The van der Waals surface area contributed by atoms with Crippen LogP contribution in [-0.4, -0.2) is 38.8 Å². The summed E-state index contributed by atoms with van der Waals surface area (Å²) in [6.45, 7) is 0.267. The number of thioether (sulfide) groups is 1. The molecule has 194 valence electrons. The Kier molecular flexibility index (Phi) is 9.01. The van der Waals surface area contributed by atoms with Crippen LogP contribution in [0.3, 0.4) is 0 Å². The van der Waals surface area contributed by atoms with Crippen LogP contribution in [0.15, 0.2) is 77.7 Å². The molecule has 0 unspecified atom stereocenters. The maximum absolute atomic E-state index is 13.0. The van der Waals surface area contributed by atoms with Crippen molar-refractivity contribution in [2.75, 3.05) is 6.61 Å². The summed E-state index contributed by atoms with van der Waals surface area (Å²) in [4.78, 5) is 36.8. The van der Waals surface area contributed by atoms with Crippen LogP contribution in [0.4, 0.5) is 0 Å². The van der Waals surface area contributed by atoms with E-state index in [9.17, 15) is 14.4 Å². The Bertz CT molecular complexity index is 1410. The highest BCUT2D eigenvalue weighted by molar-refractivity contribution is 8.26. The minimum absolute atomic E-state index is 0.0129. The quantitative estimate of drug-likeness (QED) is 0.250. The number of ether oxygens (including phenoxy) is 2. The van der Waals surface area contributed by atoms with Gasteiger partial charge in [0.25, 0.3) is 11.8 Å². The van der Waals surface area contributed by atoms with Crippen molar-refractivity contribution < 1.29 is 29.0 Å². The third kappa shape index (κ3) is 6.91. The minimum Gasteiger partial charge on any atom is -0.492 e. The number of hydrogen-bond acceptors (Lipinski definition) is 7. The summed E-state index contributed by atoms with van der Waals surface area (Å²) in [5, 5.41) is 10.4. The molecule has 2 amide bonds. The van der Waals surface area contributed by atoms with Gasteiger partial charge in [-0.25, -0.2) is 0 Å². The van der Waals surface area contributed by atoms with Crippen molar-refractivity contribution in [3.05, 3.63) is 99.4 Å². The highest BCUT2D eigenvalue weighted by atomic mass is 35.5. The molecule has 11 heteroatoms. The molecule has 8 nitrogen and oxygen atoms in total. The van der Waals surface area contributed by atoms with Gasteiger partial charge in [-0.05, 0) is 54.7 Å². The molecule has 4 rings (SSSR count). The summed E-state index contributed by atoms with van der Waals surface area (Å²) in [6.07, 6.45) is 1.43. The Labute approximate surface area is 233 Å². The first kappa shape index (κ1) is 27.2. The molecular weight excluding hydrogens is 548 g/mol. The lowest BCUT2D eigenvalue weighted by Gasteiger charge is -2.16. The van der Waals surface area contributed by atoms with Crippen LogP contribution in [0.1, 0.15) is 27.9 Å². The fraction of sp³-hybridized carbons (Fsp3) is 0.111. The van der Waals surface area contributed by atoms with E-state index in [2.05, 4.69) is 5.43 Å². The summed E-state index contributed by atoms with van der Waals surface area (Å²) in [6, 6.07) is 20.7. The number of halogens is 1. The van der Waals surface area contributed by atoms with Crippen LogP contribution in [-0.2, 0) is 16.2 Å². The minimum atomic E-state index is -0.974. The van der Waals surface area contributed by atoms with Gasteiger partial charge < -0.3 is 14.6 Å². The van der Waals surface area contributed by atoms with Crippen molar-refractivity contribution in [1.29, 1.82) is 0 Å². The molecule has 0 aliphatic carbocycles. The monoisotopic (exact) mass is 568 g/mol. The smallest absolute Gasteiger partial charge is 0.306 e. The van der Waals surface area contributed by atoms with Crippen LogP contribution >= 0.6 is 35.6 Å². The molecule has 1 saturated heterocycles. The van der Waals surface area contributed by atoms with Crippen LogP contribution < -0.4 is 14.9 Å². The van der Waals surface area contributed by atoms with Gasteiger partial charge in [-0.15, -0.1) is 0 Å². The second-order valence-corrected chi connectivity index (χ2v) is 9.98. The fourth-order valence-corrected chi connectivity index (χ4v) is 4.69. The van der Waals surface area contributed by atoms with E-state index < -0.39 is 17.8 Å². The summed E-state index contributed by atoms with van der Waals surface area (Å²) in [5.41, 5.74) is 4.28. The Morgan fingerprint density at radius 2 is 1.74 bits per heavy atom. The number of carbonyl (C=O) groups excluding carboxylic acids is 2. The standard InChI is InChI=1S/C27H21ClN2O6S2/c28-21-7-3-1-6-19(21)16-36-20-11-9-17(10-12-20)25(33)29-30-26(34)23(38-27(30)37)15-18-5-2-4-8-22(18)35-14-13-24(31)32/h1-12,15H,13-14,16H2,(H,29,33)(H,31,32)/b23-15+. The van der Waals surface area contributed by atoms with E-state index >= 15 is 0 Å². The van der Waals surface area contributed by atoms with Gasteiger partial charge in [0.2, 0.25) is 0 Å². The zero-order chi connectivity index (χ0) is 27.1. The average Bonchev–Trinajstić information content (AvgIpc) is 3.16. The number of hydrogen-bond donors (Lipinski definition) is 2. The molecular formula is C27H21ClN2O6S2. The molecule has 0 radical (unpaired) electrons. The zero-order valence-corrected chi connectivity index (χ0v) is 22.1. The molecule has 0 atom stereocenters. The maximum atomic E-state index is 13.0. The predicted molar refractivity (Wildman–Crippen MR) is 149 cm³/mol. The topological polar surface area (TPSA) is 105 Å². The van der Waals surface area contributed by atoms with Crippen molar-refractivity contribution in [1.82, 2.24) is 10.4 Å². The van der Waals surface area contributed by atoms with E-state index in [1.165, 1.54) is 0 Å². The third-order valence-electron chi connectivity index (χ3n) is 5.25. The number of aliphatic carboxylic acids is 1. The van der Waals surface area contributed by atoms with Crippen molar-refractivity contribution in [3.63, 3.8) is 0 Å². The molecule has 3 aromatic rings. The molecule has 0 spiro atoms. The second-order valence-electron chi connectivity index (χ2n) is 7.89. The van der Waals surface area contributed by atoms with Gasteiger partial charge in [-0.2, -0.15) is 5.01 Å². The van der Waals surface area contributed by atoms with Crippen molar-refractivity contribution >= 4 is 63.8 Å². The Hall–Kier alpha value is -3.86. The molecule has 0 saturated carbocycles. The van der Waals surface area contributed by atoms with Gasteiger partial charge in [0.1, 0.15) is 18.1 Å². The zero-order valence-electron chi connectivity index (χ0n) is 19.8. The van der Waals surface area contributed by atoms with E-state index in [4.69, 9.17) is 38.4 Å². The van der Waals surface area contributed by atoms with Crippen molar-refractivity contribution in [2.45, 2.75) is 13.0 Å². The lowest BCUT2D eigenvalue weighted by molar-refractivity contribution is -0.137. The predicted octanol–water partition coefficient (Wildman–Crippen LogP) is 5.32. The lowest BCUT2D eigenvalue weighted by Crippen LogP contribution is -2.44. The fourth-order valence-electron chi connectivity index (χ4n) is 3.33.